The maximum atomic E-state index is 12.7. The Balaban J connectivity index is 1.75. The molecular formula is C22H21NO2. The van der Waals surface area contributed by atoms with E-state index in [9.17, 15) is 9.59 Å². The monoisotopic (exact) mass is 331 g/mol. The first-order valence-electron chi connectivity index (χ1n) is 8.80. The number of rotatable bonds is 2. The van der Waals surface area contributed by atoms with E-state index < -0.39 is 5.41 Å². The van der Waals surface area contributed by atoms with Crippen LogP contribution in [0.5, 0.6) is 0 Å². The van der Waals surface area contributed by atoms with Crippen LogP contribution in [0.3, 0.4) is 0 Å². The number of carbonyl (C=O) groups excluding carboxylic acids is 2. The van der Waals surface area contributed by atoms with Crippen LogP contribution in [-0.4, -0.2) is 11.7 Å². The first kappa shape index (κ1) is 15.8. The molecule has 2 aromatic carbocycles. The summed E-state index contributed by atoms with van der Waals surface area (Å²) in [7, 11) is 0. The minimum atomic E-state index is -0.524. The number of amides is 1. The van der Waals surface area contributed by atoms with Crippen LogP contribution in [0, 0.1) is 6.92 Å². The van der Waals surface area contributed by atoms with E-state index in [2.05, 4.69) is 42.6 Å². The van der Waals surface area contributed by atoms with Crippen LogP contribution < -0.4 is 5.32 Å². The molecule has 2 aromatic rings. The zero-order chi connectivity index (χ0) is 17.4. The molecule has 0 unspecified atom stereocenters. The molecule has 1 aliphatic carbocycles. The summed E-state index contributed by atoms with van der Waals surface area (Å²) in [6.07, 6.45) is 6.44. The summed E-state index contributed by atoms with van der Waals surface area (Å²) < 4.78 is 0. The highest BCUT2D eigenvalue weighted by Gasteiger charge is 2.49. The molecule has 3 heteroatoms. The number of hydrogen-bond acceptors (Lipinski definition) is 2. The average Bonchev–Trinajstić information content (AvgIpc) is 2.90. The summed E-state index contributed by atoms with van der Waals surface area (Å²) in [5, 5.41) is 3.04. The number of anilines is 1. The maximum Gasteiger partial charge on any atom is 0.235 e. The van der Waals surface area contributed by atoms with Crippen LogP contribution in [0.4, 0.5) is 5.69 Å². The summed E-state index contributed by atoms with van der Waals surface area (Å²) in [6, 6.07) is 14.2. The van der Waals surface area contributed by atoms with Gasteiger partial charge in [-0.3, -0.25) is 9.59 Å². The largest absolute Gasteiger partial charge is 0.325 e. The van der Waals surface area contributed by atoms with E-state index in [4.69, 9.17) is 0 Å². The summed E-state index contributed by atoms with van der Waals surface area (Å²) in [5.41, 5.74) is 4.89. The van der Waals surface area contributed by atoms with Crippen LogP contribution >= 0.6 is 0 Å². The molecule has 1 N–H and O–H groups in total. The van der Waals surface area contributed by atoms with Crippen LogP contribution in [0.2, 0.25) is 0 Å². The normalized spacial score (nSPS) is 18.6. The van der Waals surface area contributed by atoms with E-state index in [-0.39, 0.29) is 11.7 Å². The van der Waals surface area contributed by atoms with Crippen molar-refractivity contribution < 1.29 is 9.59 Å². The summed E-state index contributed by atoms with van der Waals surface area (Å²) in [5.74, 6) is 0.326. The van der Waals surface area contributed by atoms with Crippen molar-refractivity contribution in [1.29, 1.82) is 0 Å². The van der Waals surface area contributed by atoms with Crippen molar-refractivity contribution in [2.45, 2.75) is 38.0 Å². The number of benzene rings is 2. The Hall–Kier alpha value is -2.68. The SMILES string of the molecule is Cc1c(/C=C/c2ccccc2)ccc2c1C1(CCC(=O)CC1)C(=O)N2. The molecule has 0 aromatic heterocycles. The Morgan fingerprint density at radius 2 is 1.68 bits per heavy atom. The van der Waals surface area contributed by atoms with E-state index in [0.29, 0.717) is 25.7 Å². The van der Waals surface area contributed by atoms with Crippen LogP contribution in [0.25, 0.3) is 12.2 Å². The molecule has 0 bridgehead atoms. The number of ketones is 1. The molecule has 3 nitrogen and oxygen atoms in total. The molecule has 25 heavy (non-hydrogen) atoms. The molecule has 1 amide bonds. The third kappa shape index (κ3) is 2.60. The lowest BCUT2D eigenvalue weighted by Gasteiger charge is -2.32. The van der Waals surface area contributed by atoms with Gasteiger partial charge in [-0.1, -0.05) is 48.6 Å². The van der Waals surface area contributed by atoms with E-state index in [0.717, 1.165) is 27.9 Å². The van der Waals surface area contributed by atoms with Gasteiger partial charge in [0.25, 0.3) is 0 Å². The van der Waals surface area contributed by atoms with Gasteiger partial charge in [0, 0.05) is 18.5 Å². The van der Waals surface area contributed by atoms with Crippen molar-refractivity contribution in [2.24, 2.45) is 0 Å². The van der Waals surface area contributed by atoms with Gasteiger partial charge in [-0.15, -0.1) is 0 Å². The van der Waals surface area contributed by atoms with Gasteiger partial charge >= 0.3 is 0 Å². The number of fused-ring (bicyclic) bond motifs is 2. The van der Waals surface area contributed by atoms with Crippen LogP contribution in [0.15, 0.2) is 42.5 Å². The molecule has 4 rings (SSSR count). The predicted octanol–water partition coefficient (Wildman–Crippen LogP) is 4.50. The summed E-state index contributed by atoms with van der Waals surface area (Å²) in [6.45, 7) is 2.09. The van der Waals surface area contributed by atoms with Crippen molar-refractivity contribution in [3.05, 3.63) is 64.7 Å². The summed E-state index contributed by atoms with van der Waals surface area (Å²) in [4.78, 5) is 24.4. The number of nitrogens with one attached hydrogen (secondary N) is 1. The predicted molar refractivity (Wildman–Crippen MR) is 100 cm³/mol. The number of Topliss-reactive ketones (excluding diaryl/α,β-unsaturated/α-hetero) is 1. The molecule has 1 spiro atoms. The highest BCUT2D eigenvalue weighted by molar-refractivity contribution is 6.08. The van der Waals surface area contributed by atoms with Gasteiger partial charge in [0.05, 0.1) is 5.41 Å². The second-order valence-electron chi connectivity index (χ2n) is 7.02. The molecule has 0 radical (unpaired) electrons. The molecular weight excluding hydrogens is 310 g/mol. The summed E-state index contributed by atoms with van der Waals surface area (Å²) >= 11 is 0. The lowest BCUT2D eigenvalue weighted by molar-refractivity contribution is -0.126. The first-order chi connectivity index (χ1) is 12.1. The van der Waals surface area contributed by atoms with Crippen LogP contribution in [0.1, 0.15) is 47.9 Å². The zero-order valence-electron chi connectivity index (χ0n) is 14.3. The molecule has 1 fully saturated rings. The third-order valence-electron chi connectivity index (χ3n) is 5.58. The lowest BCUT2D eigenvalue weighted by atomic mass is 9.68. The second-order valence-corrected chi connectivity index (χ2v) is 7.02. The van der Waals surface area contributed by atoms with Crippen molar-refractivity contribution in [3.8, 4) is 0 Å². The molecule has 1 aliphatic heterocycles. The molecule has 0 saturated heterocycles. The quantitative estimate of drug-likeness (QED) is 0.824. The van der Waals surface area contributed by atoms with Gasteiger partial charge in [-0.25, -0.2) is 0 Å². The number of carbonyl (C=O) groups is 2. The topological polar surface area (TPSA) is 46.2 Å². The van der Waals surface area contributed by atoms with Crippen molar-refractivity contribution in [1.82, 2.24) is 0 Å². The first-order valence-corrected chi connectivity index (χ1v) is 8.80. The highest BCUT2D eigenvalue weighted by Crippen LogP contribution is 2.48. The van der Waals surface area contributed by atoms with Gasteiger partial charge in [0.1, 0.15) is 5.78 Å². The Bertz CT molecular complexity index is 870. The Morgan fingerprint density at radius 1 is 0.960 bits per heavy atom. The third-order valence-corrected chi connectivity index (χ3v) is 5.58. The average molecular weight is 331 g/mol. The van der Waals surface area contributed by atoms with E-state index in [1.54, 1.807) is 0 Å². The van der Waals surface area contributed by atoms with Crippen molar-refractivity contribution in [2.75, 3.05) is 5.32 Å². The van der Waals surface area contributed by atoms with Crippen LogP contribution in [-0.2, 0) is 15.0 Å². The van der Waals surface area contributed by atoms with E-state index in [1.165, 1.54) is 0 Å². The zero-order valence-corrected chi connectivity index (χ0v) is 14.3. The van der Waals surface area contributed by atoms with Gasteiger partial charge in [-0.05, 0) is 48.1 Å². The second kappa shape index (κ2) is 5.99. The minimum Gasteiger partial charge on any atom is -0.325 e. The van der Waals surface area contributed by atoms with Crippen molar-refractivity contribution in [3.63, 3.8) is 0 Å². The van der Waals surface area contributed by atoms with E-state index in [1.807, 2.05) is 24.3 Å². The van der Waals surface area contributed by atoms with Gasteiger partial charge < -0.3 is 5.32 Å². The smallest absolute Gasteiger partial charge is 0.235 e. The van der Waals surface area contributed by atoms with Crippen molar-refractivity contribution >= 4 is 29.5 Å². The standard InChI is InChI=1S/C22H21NO2/c1-15-17(8-7-16-5-3-2-4-6-16)9-10-19-20(15)22(21(25)23-19)13-11-18(24)12-14-22/h2-10H,11-14H2,1H3,(H,23,25)/b8-7+. The fourth-order valence-corrected chi connectivity index (χ4v) is 4.17. The fraction of sp³-hybridized carbons (Fsp3) is 0.273. The molecule has 126 valence electrons. The fourth-order valence-electron chi connectivity index (χ4n) is 4.17. The van der Waals surface area contributed by atoms with Gasteiger partial charge in [0.15, 0.2) is 0 Å². The Kier molecular flexibility index (Phi) is 3.79. The highest BCUT2D eigenvalue weighted by atomic mass is 16.2. The van der Waals surface area contributed by atoms with E-state index >= 15 is 0 Å². The minimum absolute atomic E-state index is 0.0577. The maximum absolute atomic E-state index is 12.7. The molecule has 1 saturated carbocycles. The Labute approximate surface area is 147 Å². The lowest BCUT2D eigenvalue weighted by Crippen LogP contribution is -2.38. The van der Waals surface area contributed by atoms with Gasteiger partial charge in [-0.2, -0.15) is 0 Å². The number of hydrogen-bond donors (Lipinski definition) is 1. The molecule has 0 atom stereocenters. The Morgan fingerprint density at radius 3 is 2.40 bits per heavy atom. The molecule has 2 aliphatic rings. The molecule has 1 heterocycles. The van der Waals surface area contributed by atoms with Gasteiger partial charge in [0.2, 0.25) is 5.91 Å².